The van der Waals surface area contributed by atoms with Gasteiger partial charge in [0.15, 0.2) is 5.43 Å². The van der Waals surface area contributed by atoms with E-state index in [0.29, 0.717) is 34.7 Å². The Balaban J connectivity index is 1.71. The molecule has 5 rings (SSSR count). The second-order valence-electron chi connectivity index (χ2n) is 7.64. The average Bonchev–Trinajstić information content (AvgIpc) is 3.41. The van der Waals surface area contributed by atoms with E-state index in [0.717, 1.165) is 27.2 Å². The molecule has 1 aliphatic heterocycles. The largest absolute Gasteiger partial charge is 0.494 e. The van der Waals surface area contributed by atoms with Gasteiger partial charge in [-0.05, 0) is 48.7 Å². The number of rotatable bonds is 6. The summed E-state index contributed by atoms with van der Waals surface area (Å²) in [6, 6.07) is 11.9. The minimum atomic E-state index is -0.676. The minimum absolute atomic E-state index is 0.0411. The van der Waals surface area contributed by atoms with E-state index in [2.05, 4.69) is 26.1 Å². The molecule has 7 nitrogen and oxygen atoms in total. The Morgan fingerprint density at radius 3 is 2.61 bits per heavy atom. The molecule has 0 saturated carbocycles. The maximum Gasteiger partial charge on any atom is 0.297 e. The predicted molar refractivity (Wildman–Crippen MR) is 130 cm³/mol. The third-order valence-corrected chi connectivity index (χ3v) is 7.03. The van der Waals surface area contributed by atoms with Crippen LogP contribution in [0, 0.1) is 0 Å². The summed E-state index contributed by atoms with van der Waals surface area (Å²) in [5.74, 6) is 0.372. The molecule has 0 aliphatic carbocycles. The Hall–Kier alpha value is -3.04. The number of hydrogen-bond donors (Lipinski definition) is 0. The summed E-state index contributed by atoms with van der Waals surface area (Å²) in [6.45, 7) is 4.64. The first-order chi connectivity index (χ1) is 16.0. The fraction of sp³-hybridized carbons (Fsp3) is 0.250. The van der Waals surface area contributed by atoms with Crippen molar-refractivity contribution in [3.8, 4) is 5.75 Å². The van der Waals surface area contributed by atoms with E-state index in [4.69, 9.17) is 9.15 Å². The summed E-state index contributed by atoms with van der Waals surface area (Å²) in [5.41, 5.74) is 1.20. The number of amides is 1. The standard InChI is InChI=1S/C24H20BrN3O4S/c1-3-11-31-15-8-5-13(6-9-15)20-19-21(29)16-12-14(25)7-10-17(16)32-22(19)23(30)28(20)24-27-26-18(4-2)33-24/h5-10,12,20H,3-4,11H2,1-2H3. The first-order valence-corrected chi connectivity index (χ1v) is 12.3. The van der Waals surface area contributed by atoms with Gasteiger partial charge >= 0.3 is 0 Å². The van der Waals surface area contributed by atoms with Gasteiger partial charge in [0.1, 0.15) is 16.3 Å². The first-order valence-electron chi connectivity index (χ1n) is 10.7. The zero-order valence-corrected chi connectivity index (χ0v) is 20.4. The molecule has 0 radical (unpaired) electrons. The van der Waals surface area contributed by atoms with E-state index in [1.54, 1.807) is 18.2 Å². The maximum atomic E-state index is 13.6. The van der Waals surface area contributed by atoms with Crippen LogP contribution in [-0.4, -0.2) is 22.7 Å². The molecule has 0 spiro atoms. The van der Waals surface area contributed by atoms with Gasteiger partial charge in [-0.1, -0.05) is 53.2 Å². The smallest absolute Gasteiger partial charge is 0.297 e. The van der Waals surface area contributed by atoms with E-state index >= 15 is 0 Å². The van der Waals surface area contributed by atoms with Crippen molar-refractivity contribution in [1.82, 2.24) is 10.2 Å². The molecule has 1 atom stereocenters. The van der Waals surface area contributed by atoms with Gasteiger partial charge in [0, 0.05) is 4.47 Å². The normalized spacial score (nSPS) is 15.3. The van der Waals surface area contributed by atoms with Crippen LogP contribution in [0.15, 0.2) is 56.1 Å². The molecule has 1 aliphatic rings. The fourth-order valence-electron chi connectivity index (χ4n) is 3.91. The van der Waals surface area contributed by atoms with E-state index in [9.17, 15) is 9.59 Å². The van der Waals surface area contributed by atoms with Crippen molar-refractivity contribution in [1.29, 1.82) is 0 Å². The second kappa shape index (κ2) is 8.72. The monoisotopic (exact) mass is 525 g/mol. The van der Waals surface area contributed by atoms with E-state index < -0.39 is 11.9 Å². The lowest BCUT2D eigenvalue weighted by Crippen LogP contribution is -2.29. The van der Waals surface area contributed by atoms with Crippen molar-refractivity contribution in [2.45, 2.75) is 32.7 Å². The van der Waals surface area contributed by atoms with Crippen LogP contribution in [-0.2, 0) is 6.42 Å². The number of aryl methyl sites for hydroxylation is 1. The molecule has 2 aromatic carbocycles. The number of nitrogens with zero attached hydrogens (tertiary/aromatic N) is 3. The molecule has 33 heavy (non-hydrogen) atoms. The van der Waals surface area contributed by atoms with E-state index in [1.807, 2.05) is 38.1 Å². The third-order valence-electron chi connectivity index (χ3n) is 5.47. The maximum absolute atomic E-state index is 13.6. The zero-order valence-electron chi connectivity index (χ0n) is 18.0. The van der Waals surface area contributed by atoms with Gasteiger partial charge in [0.05, 0.1) is 23.6 Å². The molecule has 0 bridgehead atoms. The topological polar surface area (TPSA) is 85.5 Å². The highest BCUT2D eigenvalue weighted by Crippen LogP contribution is 2.42. The van der Waals surface area contributed by atoms with Crippen LogP contribution in [0.2, 0.25) is 0 Å². The zero-order chi connectivity index (χ0) is 23.1. The van der Waals surface area contributed by atoms with Gasteiger partial charge in [-0.2, -0.15) is 0 Å². The summed E-state index contributed by atoms with van der Waals surface area (Å²) in [5, 5.41) is 10.1. The third kappa shape index (κ3) is 3.75. The number of hydrogen-bond acceptors (Lipinski definition) is 7. The van der Waals surface area contributed by atoms with Crippen LogP contribution >= 0.6 is 27.3 Å². The Morgan fingerprint density at radius 1 is 1.12 bits per heavy atom. The first kappa shape index (κ1) is 21.8. The van der Waals surface area contributed by atoms with Crippen molar-refractivity contribution in [3.05, 3.63) is 79.1 Å². The molecule has 4 aromatic rings. The second-order valence-corrected chi connectivity index (χ2v) is 9.60. The quantitative estimate of drug-likeness (QED) is 0.330. The van der Waals surface area contributed by atoms with Crippen LogP contribution in [0.5, 0.6) is 5.75 Å². The van der Waals surface area contributed by atoms with Crippen LogP contribution in [0.4, 0.5) is 5.13 Å². The number of halogens is 1. The Labute approximate surface area is 202 Å². The summed E-state index contributed by atoms with van der Waals surface area (Å²) in [7, 11) is 0. The molecule has 2 aromatic heterocycles. The van der Waals surface area contributed by atoms with Crippen LogP contribution < -0.4 is 15.1 Å². The number of ether oxygens (including phenoxy) is 1. The van der Waals surface area contributed by atoms with Crippen molar-refractivity contribution in [2.24, 2.45) is 0 Å². The molecule has 0 fully saturated rings. The lowest BCUT2D eigenvalue weighted by molar-refractivity contribution is 0.0970. The van der Waals surface area contributed by atoms with Gasteiger partial charge in [0.25, 0.3) is 5.91 Å². The van der Waals surface area contributed by atoms with Gasteiger partial charge < -0.3 is 9.15 Å². The average molecular weight is 526 g/mol. The number of aromatic nitrogens is 2. The molecule has 0 saturated heterocycles. The summed E-state index contributed by atoms with van der Waals surface area (Å²) < 4.78 is 12.4. The highest BCUT2D eigenvalue weighted by molar-refractivity contribution is 9.10. The lowest BCUT2D eigenvalue weighted by atomic mass is 9.98. The number of carbonyl (C=O) groups excluding carboxylic acids is 1. The van der Waals surface area contributed by atoms with Crippen LogP contribution in [0.1, 0.15) is 53.0 Å². The summed E-state index contributed by atoms with van der Waals surface area (Å²) in [6.07, 6.45) is 1.61. The van der Waals surface area contributed by atoms with Gasteiger partial charge in [-0.15, -0.1) is 10.2 Å². The van der Waals surface area contributed by atoms with Crippen molar-refractivity contribution >= 4 is 49.3 Å². The fourth-order valence-corrected chi connectivity index (χ4v) is 5.08. The molecule has 3 heterocycles. The molecule has 0 N–H and O–H groups in total. The Morgan fingerprint density at radius 2 is 1.91 bits per heavy atom. The van der Waals surface area contributed by atoms with Crippen LogP contribution in [0.25, 0.3) is 11.0 Å². The summed E-state index contributed by atoms with van der Waals surface area (Å²) in [4.78, 5) is 28.7. The molecule has 1 unspecified atom stereocenters. The molecular weight excluding hydrogens is 506 g/mol. The highest BCUT2D eigenvalue weighted by Gasteiger charge is 2.45. The van der Waals surface area contributed by atoms with Crippen molar-refractivity contribution in [2.75, 3.05) is 11.5 Å². The van der Waals surface area contributed by atoms with Gasteiger partial charge in [-0.25, -0.2) is 0 Å². The van der Waals surface area contributed by atoms with Gasteiger partial charge in [-0.3, -0.25) is 14.5 Å². The van der Waals surface area contributed by atoms with E-state index in [-0.39, 0.29) is 11.2 Å². The van der Waals surface area contributed by atoms with Crippen molar-refractivity contribution in [3.63, 3.8) is 0 Å². The Bertz CT molecular complexity index is 1410. The molecule has 168 valence electrons. The van der Waals surface area contributed by atoms with Crippen LogP contribution in [0.3, 0.4) is 0 Å². The molecular formula is C24H20BrN3O4S. The van der Waals surface area contributed by atoms with Crippen molar-refractivity contribution < 1.29 is 13.9 Å². The number of fused-ring (bicyclic) bond motifs is 2. The predicted octanol–water partition coefficient (Wildman–Crippen LogP) is 5.51. The van der Waals surface area contributed by atoms with E-state index in [1.165, 1.54) is 16.2 Å². The number of carbonyl (C=O) groups is 1. The minimum Gasteiger partial charge on any atom is -0.494 e. The SMILES string of the molecule is CCCOc1ccc(C2c3c(oc4ccc(Br)cc4c3=O)C(=O)N2c2nnc(CC)s2)cc1. The number of benzene rings is 2. The summed E-state index contributed by atoms with van der Waals surface area (Å²) >= 11 is 4.76. The number of anilines is 1. The lowest BCUT2D eigenvalue weighted by Gasteiger charge is -2.22. The molecule has 9 heteroatoms. The molecule has 1 amide bonds. The Kier molecular flexibility index (Phi) is 5.76. The van der Waals surface area contributed by atoms with Gasteiger partial charge in [0.2, 0.25) is 10.9 Å². The highest BCUT2D eigenvalue weighted by atomic mass is 79.9.